The van der Waals surface area contributed by atoms with Crippen LogP contribution in [0.15, 0.2) is 28.9 Å². The maximum atomic E-state index is 12.2. The van der Waals surface area contributed by atoms with Crippen molar-refractivity contribution in [1.82, 2.24) is 25.6 Å². The van der Waals surface area contributed by atoms with Crippen molar-refractivity contribution in [3.05, 3.63) is 45.7 Å². The molecule has 0 spiro atoms. The number of rotatable bonds is 4. The average Bonchev–Trinajstić information content (AvgIpc) is 3.05. The molecule has 1 aliphatic rings. The molecule has 2 heterocycles. The minimum Gasteiger partial charge on any atom is -0.347 e. The molecule has 1 amide bonds. The Morgan fingerprint density at radius 2 is 2.17 bits per heavy atom. The van der Waals surface area contributed by atoms with Crippen molar-refractivity contribution in [2.45, 2.75) is 32.4 Å². The maximum Gasteiger partial charge on any atom is 0.273 e. The topological polar surface area (TPSA) is 71.8 Å². The summed E-state index contributed by atoms with van der Waals surface area (Å²) in [7, 11) is 0. The number of hydrogen-bond acceptors (Lipinski definition) is 4. The molecule has 1 fully saturated rings. The fourth-order valence-corrected chi connectivity index (χ4v) is 3.23. The van der Waals surface area contributed by atoms with Crippen LogP contribution >= 0.6 is 28.3 Å². The predicted octanol–water partition coefficient (Wildman–Crippen LogP) is 2.63. The highest BCUT2D eigenvalue weighted by Crippen LogP contribution is 2.17. The number of benzene rings is 1. The second-order valence-corrected chi connectivity index (χ2v) is 6.73. The van der Waals surface area contributed by atoms with E-state index in [1.807, 2.05) is 29.8 Å². The molecule has 0 bridgehead atoms. The van der Waals surface area contributed by atoms with Crippen molar-refractivity contribution in [3.63, 3.8) is 0 Å². The fourth-order valence-electron chi connectivity index (χ4n) is 2.75. The largest absolute Gasteiger partial charge is 0.347 e. The Kier molecular flexibility index (Phi) is 6.77. The normalized spacial score (nSPS) is 14.9. The fraction of sp³-hybridized carbons (Fsp3) is 0.438. The van der Waals surface area contributed by atoms with E-state index in [1.54, 1.807) is 6.20 Å². The molecule has 3 rings (SSSR count). The monoisotopic (exact) mass is 413 g/mol. The van der Waals surface area contributed by atoms with E-state index < -0.39 is 0 Å². The van der Waals surface area contributed by atoms with E-state index in [-0.39, 0.29) is 18.3 Å². The zero-order valence-corrected chi connectivity index (χ0v) is 15.9. The summed E-state index contributed by atoms with van der Waals surface area (Å²) in [6, 6.07) is 6.35. The lowest BCUT2D eigenvalue weighted by Crippen LogP contribution is -2.29. The van der Waals surface area contributed by atoms with Crippen LogP contribution in [0.1, 0.15) is 40.5 Å². The molecule has 2 aromatic rings. The smallest absolute Gasteiger partial charge is 0.273 e. The lowest BCUT2D eigenvalue weighted by Gasteiger charge is -2.22. The van der Waals surface area contributed by atoms with Gasteiger partial charge >= 0.3 is 0 Å². The standard InChI is InChI=1S/C16H20BrN5O.ClH/c1-11-8-13(17)3-2-12(11)9-19-16(23)15-10-22(21-20-15)14-4-6-18-7-5-14;/h2-3,8,10,14,18H,4-7,9H2,1H3,(H,19,23);1H. The molecule has 24 heavy (non-hydrogen) atoms. The molecule has 1 aromatic carbocycles. The summed E-state index contributed by atoms with van der Waals surface area (Å²) >= 11 is 3.44. The maximum absolute atomic E-state index is 12.2. The van der Waals surface area contributed by atoms with E-state index in [9.17, 15) is 4.79 Å². The molecule has 1 aliphatic heterocycles. The molecule has 0 radical (unpaired) electrons. The highest BCUT2D eigenvalue weighted by atomic mass is 79.9. The summed E-state index contributed by atoms with van der Waals surface area (Å²) < 4.78 is 2.86. The van der Waals surface area contributed by atoms with E-state index in [0.717, 1.165) is 41.5 Å². The van der Waals surface area contributed by atoms with Gasteiger partial charge in [-0.1, -0.05) is 27.2 Å². The number of aromatic nitrogens is 3. The van der Waals surface area contributed by atoms with Gasteiger partial charge in [0.2, 0.25) is 0 Å². The van der Waals surface area contributed by atoms with Crippen LogP contribution in [0.2, 0.25) is 0 Å². The van der Waals surface area contributed by atoms with Crippen LogP contribution in [-0.4, -0.2) is 34.0 Å². The summed E-state index contributed by atoms with van der Waals surface area (Å²) in [5, 5.41) is 14.4. The van der Waals surface area contributed by atoms with E-state index in [4.69, 9.17) is 0 Å². The van der Waals surface area contributed by atoms with Gasteiger partial charge in [-0.15, -0.1) is 17.5 Å². The second kappa shape index (κ2) is 8.60. The third-order valence-electron chi connectivity index (χ3n) is 4.17. The van der Waals surface area contributed by atoms with Crippen molar-refractivity contribution in [3.8, 4) is 0 Å². The van der Waals surface area contributed by atoms with Crippen LogP contribution in [0.3, 0.4) is 0 Å². The summed E-state index contributed by atoms with van der Waals surface area (Å²) in [4.78, 5) is 12.2. The Balaban J connectivity index is 0.00000208. The van der Waals surface area contributed by atoms with Gasteiger partial charge in [-0.2, -0.15) is 0 Å². The van der Waals surface area contributed by atoms with E-state index >= 15 is 0 Å². The summed E-state index contributed by atoms with van der Waals surface area (Å²) in [5.41, 5.74) is 2.60. The molecule has 0 aliphatic carbocycles. The molecular weight excluding hydrogens is 394 g/mol. The highest BCUT2D eigenvalue weighted by Gasteiger charge is 2.18. The van der Waals surface area contributed by atoms with Crippen LogP contribution < -0.4 is 10.6 Å². The van der Waals surface area contributed by atoms with E-state index in [0.29, 0.717) is 18.3 Å². The number of halogens is 2. The van der Waals surface area contributed by atoms with Gasteiger partial charge in [-0.3, -0.25) is 4.79 Å². The summed E-state index contributed by atoms with van der Waals surface area (Å²) in [6.45, 7) is 4.47. The Morgan fingerprint density at radius 1 is 1.42 bits per heavy atom. The first-order chi connectivity index (χ1) is 11.1. The predicted molar refractivity (Wildman–Crippen MR) is 98.5 cm³/mol. The van der Waals surface area contributed by atoms with Crippen LogP contribution in [0.5, 0.6) is 0 Å². The Bertz CT molecular complexity index is 700. The first-order valence-corrected chi connectivity index (χ1v) is 8.58. The number of piperidine rings is 1. The third-order valence-corrected chi connectivity index (χ3v) is 4.66. The van der Waals surface area contributed by atoms with Gasteiger partial charge in [0.05, 0.1) is 12.2 Å². The lowest BCUT2D eigenvalue weighted by atomic mass is 10.1. The van der Waals surface area contributed by atoms with Gasteiger partial charge in [0.15, 0.2) is 5.69 Å². The Hall–Kier alpha value is -1.44. The SMILES string of the molecule is Cc1cc(Br)ccc1CNC(=O)c1cn(C2CCNCC2)nn1.Cl. The highest BCUT2D eigenvalue weighted by molar-refractivity contribution is 9.10. The Labute approximate surface area is 155 Å². The molecule has 2 N–H and O–H groups in total. The quantitative estimate of drug-likeness (QED) is 0.807. The van der Waals surface area contributed by atoms with Gasteiger partial charge in [0.1, 0.15) is 0 Å². The number of hydrogen-bond donors (Lipinski definition) is 2. The number of nitrogens with zero attached hydrogens (tertiary/aromatic N) is 3. The molecule has 1 aromatic heterocycles. The van der Waals surface area contributed by atoms with Gasteiger partial charge in [0, 0.05) is 11.0 Å². The molecule has 8 heteroatoms. The number of carbonyl (C=O) groups excluding carboxylic acids is 1. The van der Waals surface area contributed by atoms with Gasteiger partial charge in [-0.25, -0.2) is 4.68 Å². The summed E-state index contributed by atoms with van der Waals surface area (Å²) in [5.74, 6) is -0.187. The second-order valence-electron chi connectivity index (χ2n) is 5.82. The number of aryl methyl sites for hydroxylation is 1. The first-order valence-electron chi connectivity index (χ1n) is 7.79. The van der Waals surface area contributed by atoms with Gasteiger partial charge in [0.25, 0.3) is 5.91 Å². The third kappa shape index (κ3) is 4.55. The Morgan fingerprint density at radius 3 is 2.88 bits per heavy atom. The molecule has 0 saturated carbocycles. The lowest BCUT2D eigenvalue weighted by molar-refractivity contribution is 0.0945. The van der Waals surface area contributed by atoms with Crippen LogP contribution in [0, 0.1) is 6.92 Å². The van der Waals surface area contributed by atoms with E-state index in [1.165, 1.54) is 0 Å². The van der Waals surface area contributed by atoms with Crippen molar-refractivity contribution in [2.75, 3.05) is 13.1 Å². The average molecular weight is 415 g/mol. The molecular formula is C16H21BrClN5O. The number of nitrogens with one attached hydrogen (secondary N) is 2. The number of amides is 1. The summed E-state index contributed by atoms with van der Waals surface area (Å²) in [6.07, 6.45) is 3.78. The molecule has 0 unspecified atom stereocenters. The van der Waals surface area contributed by atoms with Gasteiger partial charge in [-0.05, 0) is 56.1 Å². The zero-order chi connectivity index (χ0) is 16.2. The molecule has 0 atom stereocenters. The van der Waals surface area contributed by atoms with Crippen molar-refractivity contribution in [1.29, 1.82) is 0 Å². The van der Waals surface area contributed by atoms with Crippen LogP contribution in [-0.2, 0) is 6.54 Å². The van der Waals surface area contributed by atoms with Crippen LogP contribution in [0.4, 0.5) is 0 Å². The molecule has 130 valence electrons. The van der Waals surface area contributed by atoms with Crippen molar-refractivity contribution >= 4 is 34.2 Å². The van der Waals surface area contributed by atoms with E-state index in [2.05, 4.69) is 36.9 Å². The van der Waals surface area contributed by atoms with Crippen molar-refractivity contribution in [2.24, 2.45) is 0 Å². The zero-order valence-electron chi connectivity index (χ0n) is 13.5. The van der Waals surface area contributed by atoms with Crippen molar-refractivity contribution < 1.29 is 4.79 Å². The minimum atomic E-state index is -0.187. The first kappa shape index (κ1) is 18.9. The molecule has 1 saturated heterocycles. The minimum absolute atomic E-state index is 0. The van der Waals surface area contributed by atoms with Crippen LogP contribution in [0.25, 0.3) is 0 Å². The molecule has 6 nitrogen and oxygen atoms in total. The number of carbonyl (C=O) groups is 1. The van der Waals surface area contributed by atoms with Gasteiger partial charge < -0.3 is 10.6 Å².